The van der Waals surface area contributed by atoms with Crippen LogP contribution in [0.25, 0.3) is 21.7 Å². The number of ether oxygens (including phenoxy) is 3. The van der Waals surface area contributed by atoms with Crippen molar-refractivity contribution in [1.29, 1.82) is 0 Å². The fraction of sp³-hybridized carbons (Fsp3) is 0.174. The second kappa shape index (κ2) is 8.91. The minimum atomic E-state index is 0.458. The Kier molecular flexibility index (Phi) is 5.90. The molecule has 4 rings (SSSR count). The smallest absolute Gasteiger partial charge is 0.145 e. The number of para-hydroxylation sites is 1. The first-order valence-corrected chi connectivity index (χ1v) is 9.55. The predicted molar refractivity (Wildman–Crippen MR) is 113 cm³/mol. The van der Waals surface area contributed by atoms with E-state index in [-0.39, 0.29) is 0 Å². The molecule has 5 heteroatoms. The van der Waals surface area contributed by atoms with Crippen molar-refractivity contribution < 1.29 is 14.2 Å². The second-order valence-corrected chi connectivity index (χ2v) is 6.64. The van der Waals surface area contributed by atoms with Gasteiger partial charge in [0.2, 0.25) is 0 Å². The molecule has 4 aromatic rings. The van der Waals surface area contributed by atoms with Gasteiger partial charge in [-0.1, -0.05) is 54.1 Å². The summed E-state index contributed by atoms with van der Waals surface area (Å²) in [6.07, 6.45) is 1.77. The van der Waals surface area contributed by atoms with E-state index in [4.69, 9.17) is 25.8 Å². The van der Waals surface area contributed by atoms with E-state index in [1.54, 1.807) is 6.20 Å². The lowest BCUT2D eigenvalue weighted by molar-refractivity contribution is 0.0771. The van der Waals surface area contributed by atoms with Crippen molar-refractivity contribution in [3.63, 3.8) is 0 Å². The van der Waals surface area contributed by atoms with Gasteiger partial charge in [-0.15, -0.1) is 0 Å². The molecule has 1 heterocycles. The van der Waals surface area contributed by atoms with E-state index in [0.717, 1.165) is 38.2 Å². The molecule has 0 spiro atoms. The van der Waals surface area contributed by atoms with Gasteiger partial charge < -0.3 is 14.2 Å². The molecule has 0 amide bonds. The minimum absolute atomic E-state index is 0.458. The fourth-order valence-corrected chi connectivity index (χ4v) is 3.30. The van der Waals surface area contributed by atoms with Gasteiger partial charge in [0.1, 0.15) is 30.2 Å². The van der Waals surface area contributed by atoms with Crippen LogP contribution in [0.4, 0.5) is 0 Å². The Morgan fingerprint density at radius 3 is 2.29 bits per heavy atom. The average molecular weight is 394 g/mol. The van der Waals surface area contributed by atoms with Crippen molar-refractivity contribution in [1.82, 2.24) is 4.98 Å². The van der Waals surface area contributed by atoms with Crippen molar-refractivity contribution in [3.8, 4) is 11.5 Å². The zero-order chi connectivity index (χ0) is 19.2. The van der Waals surface area contributed by atoms with Gasteiger partial charge in [0.25, 0.3) is 0 Å². The summed E-state index contributed by atoms with van der Waals surface area (Å²) in [7, 11) is 0. The largest absolute Gasteiger partial charge is 0.491 e. The molecule has 3 aromatic carbocycles. The summed E-state index contributed by atoms with van der Waals surface area (Å²) in [5, 5.41) is 3.77. The molecule has 0 fully saturated rings. The van der Waals surface area contributed by atoms with E-state index in [0.29, 0.717) is 26.4 Å². The molecule has 0 aliphatic carbocycles. The van der Waals surface area contributed by atoms with Crippen LogP contribution in [0.2, 0.25) is 5.02 Å². The Hall–Kier alpha value is -2.82. The van der Waals surface area contributed by atoms with Crippen molar-refractivity contribution in [2.75, 3.05) is 26.4 Å². The van der Waals surface area contributed by atoms with Gasteiger partial charge in [0.05, 0.1) is 13.2 Å². The Morgan fingerprint density at radius 1 is 0.679 bits per heavy atom. The highest BCUT2D eigenvalue weighted by atomic mass is 35.5. The predicted octanol–water partition coefficient (Wildman–Crippen LogP) is 5.52. The van der Waals surface area contributed by atoms with E-state index in [2.05, 4.69) is 4.98 Å². The monoisotopic (exact) mass is 393 g/mol. The number of hydrogen-bond acceptors (Lipinski definition) is 4. The molecule has 0 bridgehead atoms. The van der Waals surface area contributed by atoms with Gasteiger partial charge >= 0.3 is 0 Å². The quantitative estimate of drug-likeness (QED) is 0.370. The lowest BCUT2D eigenvalue weighted by Crippen LogP contribution is -2.12. The van der Waals surface area contributed by atoms with Gasteiger partial charge in [0, 0.05) is 27.4 Å². The highest BCUT2D eigenvalue weighted by Crippen LogP contribution is 2.31. The van der Waals surface area contributed by atoms with Gasteiger partial charge in [-0.2, -0.15) is 0 Å². The molecule has 0 saturated heterocycles. The first kappa shape index (κ1) is 18.5. The van der Waals surface area contributed by atoms with Gasteiger partial charge in [-0.3, -0.25) is 4.98 Å². The molecule has 142 valence electrons. The number of pyridine rings is 1. The number of rotatable bonds is 8. The SMILES string of the molecule is Clc1ccc(OCCOCCOc2cccc3cccnc23)c2ccccc12. The van der Waals surface area contributed by atoms with Crippen molar-refractivity contribution in [2.45, 2.75) is 0 Å². The zero-order valence-electron chi connectivity index (χ0n) is 15.3. The summed E-state index contributed by atoms with van der Waals surface area (Å²) >= 11 is 6.24. The highest BCUT2D eigenvalue weighted by Gasteiger charge is 2.05. The minimum Gasteiger partial charge on any atom is -0.491 e. The Morgan fingerprint density at radius 2 is 1.43 bits per heavy atom. The van der Waals surface area contributed by atoms with Crippen LogP contribution in [-0.4, -0.2) is 31.4 Å². The summed E-state index contributed by atoms with van der Waals surface area (Å²) in [5.41, 5.74) is 0.864. The van der Waals surface area contributed by atoms with Gasteiger partial charge in [0.15, 0.2) is 0 Å². The molecular weight excluding hydrogens is 374 g/mol. The van der Waals surface area contributed by atoms with E-state index in [9.17, 15) is 0 Å². The lowest BCUT2D eigenvalue weighted by atomic mass is 10.1. The second-order valence-electron chi connectivity index (χ2n) is 6.23. The number of nitrogens with zero attached hydrogens (tertiary/aromatic N) is 1. The van der Waals surface area contributed by atoms with Crippen molar-refractivity contribution in [3.05, 3.63) is 77.9 Å². The molecule has 1 aromatic heterocycles. The van der Waals surface area contributed by atoms with Gasteiger partial charge in [-0.25, -0.2) is 0 Å². The maximum Gasteiger partial charge on any atom is 0.145 e. The third-order valence-electron chi connectivity index (χ3n) is 4.40. The number of benzene rings is 3. The number of halogens is 1. The van der Waals surface area contributed by atoms with Crippen molar-refractivity contribution in [2.24, 2.45) is 0 Å². The molecule has 0 N–H and O–H groups in total. The standard InChI is InChI=1S/C23H20ClNO3/c24-20-10-11-21(19-8-2-1-7-18(19)20)27-15-13-26-14-16-28-22-9-3-5-17-6-4-12-25-23(17)22/h1-12H,13-16H2. The summed E-state index contributed by atoms with van der Waals surface area (Å²) < 4.78 is 17.3. The molecule has 0 aliphatic heterocycles. The van der Waals surface area contributed by atoms with Crippen LogP contribution < -0.4 is 9.47 Å². The van der Waals surface area contributed by atoms with Crippen LogP contribution in [0, 0.1) is 0 Å². The molecule has 0 saturated carbocycles. The summed E-state index contributed by atoms with van der Waals surface area (Å²) in [5.74, 6) is 1.58. The molecule has 4 nitrogen and oxygen atoms in total. The molecule has 0 unspecified atom stereocenters. The van der Waals surface area contributed by atoms with Crippen LogP contribution in [-0.2, 0) is 4.74 Å². The molecule has 0 aliphatic rings. The normalized spacial score (nSPS) is 11.0. The highest BCUT2D eigenvalue weighted by molar-refractivity contribution is 6.35. The number of aromatic nitrogens is 1. The lowest BCUT2D eigenvalue weighted by Gasteiger charge is -2.11. The maximum atomic E-state index is 6.24. The first-order chi connectivity index (χ1) is 13.8. The maximum absolute atomic E-state index is 6.24. The number of fused-ring (bicyclic) bond motifs is 2. The molecule has 0 atom stereocenters. The summed E-state index contributed by atoms with van der Waals surface area (Å²) in [6.45, 7) is 1.88. The average Bonchev–Trinajstić information content (AvgIpc) is 2.75. The summed E-state index contributed by atoms with van der Waals surface area (Å²) in [6, 6.07) is 21.5. The van der Waals surface area contributed by atoms with Crippen LogP contribution >= 0.6 is 11.6 Å². The van der Waals surface area contributed by atoms with Crippen LogP contribution in [0.5, 0.6) is 11.5 Å². The Labute approximate surface area is 168 Å². The van der Waals surface area contributed by atoms with Gasteiger partial charge in [-0.05, 0) is 24.3 Å². The van der Waals surface area contributed by atoms with Crippen LogP contribution in [0.3, 0.4) is 0 Å². The van der Waals surface area contributed by atoms with Crippen LogP contribution in [0.1, 0.15) is 0 Å². The van der Waals surface area contributed by atoms with E-state index < -0.39 is 0 Å². The Balaban J connectivity index is 1.23. The van der Waals surface area contributed by atoms with Crippen molar-refractivity contribution >= 4 is 33.3 Å². The van der Waals surface area contributed by atoms with E-state index >= 15 is 0 Å². The molecule has 28 heavy (non-hydrogen) atoms. The Bertz CT molecular complexity index is 1080. The summed E-state index contributed by atoms with van der Waals surface area (Å²) in [4.78, 5) is 4.38. The third-order valence-corrected chi connectivity index (χ3v) is 4.73. The molecular formula is C23H20ClNO3. The third kappa shape index (κ3) is 4.19. The topological polar surface area (TPSA) is 40.6 Å². The zero-order valence-corrected chi connectivity index (χ0v) is 16.1. The van der Waals surface area contributed by atoms with E-state index in [1.165, 1.54) is 0 Å². The van der Waals surface area contributed by atoms with E-state index in [1.807, 2.05) is 66.7 Å². The first-order valence-electron chi connectivity index (χ1n) is 9.17. The fourth-order valence-electron chi connectivity index (χ4n) is 3.08. The number of hydrogen-bond donors (Lipinski definition) is 0. The molecule has 0 radical (unpaired) electrons. The van der Waals surface area contributed by atoms with Crippen LogP contribution in [0.15, 0.2) is 72.9 Å².